The van der Waals surface area contributed by atoms with Gasteiger partial charge in [0.1, 0.15) is 17.5 Å². The number of carbonyl (C=O) groups excluding carboxylic acids is 1. The maximum absolute atomic E-state index is 12.0. The first kappa shape index (κ1) is 19.2. The Labute approximate surface area is 152 Å². The average molecular weight is 357 g/mol. The molecule has 1 aromatic heterocycles. The number of aliphatic carboxylic acids is 1. The molecule has 0 fully saturated rings. The molecule has 7 nitrogen and oxygen atoms in total. The number of nitrogens with one attached hydrogen (secondary N) is 1. The molecule has 0 aliphatic heterocycles. The number of amides is 1. The topological polar surface area (TPSA) is 91.8 Å². The van der Waals surface area contributed by atoms with Crippen molar-refractivity contribution in [1.82, 2.24) is 10.3 Å². The zero-order valence-corrected chi connectivity index (χ0v) is 15.0. The molecule has 0 saturated carbocycles. The van der Waals surface area contributed by atoms with Crippen LogP contribution < -0.4 is 10.2 Å². The largest absolute Gasteiger partial charge is 0.480 e. The second-order valence-corrected chi connectivity index (χ2v) is 6.67. The summed E-state index contributed by atoms with van der Waals surface area (Å²) in [7, 11) is 0. The number of alkyl carbamates (subject to hydrolysis) is 1. The number of pyridine rings is 1. The van der Waals surface area contributed by atoms with Crippen LogP contribution in [0.25, 0.3) is 0 Å². The fraction of sp³-hybridized carbons (Fsp3) is 0.316. The van der Waals surface area contributed by atoms with E-state index in [0.717, 1.165) is 5.69 Å². The van der Waals surface area contributed by atoms with Gasteiger partial charge in [-0.2, -0.15) is 0 Å². The zero-order chi connectivity index (χ0) is 19.2. The molecule has 0 aliphatic carbocycles. The van der Waals surface area contributed by atoms with Crippen molar-refractivity contribution in [2.45, 2.75) is 32.4 Å². The lowest BCUT2D eigenvalue weighted by Gasteiger charge is -2.28. The van der Waals surface area contributed by atoms with E-state index in [1.165, 1.54) is 0 Å². The smallest absolute Gasteiger partial charge is 0.408 e. The number of aromatic nitrogens is 1. The Kier molecular flexibility index (Phi) is 6.16. The highest BCUT2D eigenvalue weighted by atomic mass is 16.6. The SMILES string of the molecule is CC(C)(C)OC(=O)N[C@@H](CN(c1ccccc1)c1ccccn1)C(=O)O. The number of para-hydroxylation sites is 1. The Hall–Kier alpha value is -3.09. The monoisotopic (exact) mass is 357 g/mol. The summed E-state index contributed by atoms with van der Waals surface area (Å²) < 4.78 is 5.16. The molecule has 0 aliphatic rings. The summed E-state index contributed by atoms with van der Waals surface area (Å²) in [6.45, 7) is 5.14. The molecule has 0 radical (unpaired) electrons. The van der Waals surface area contributed by atoms with Crippen LogP contribution in [0.1, 0.15) is 20.8 Å². The molecule has 26 heavy (non-hydrogen) atoms. The average Bonchev–Trinajstić information content (AvgIpc) is 2.58. The molecule has 0 bridgehead atoms. The van der Waals surface area contributed by atoms with Gasteiger partial charge in [0.2, 0.25) is 0 Å². The van der Waals surface area contributed by atoms with Crippen molar-refractivity contribution in [2.24, 2.45) is 0 Å². The van der Waals surface area contributed by atoms with Gasteiger partial charge in [0.15, 0.2) is 0 Å². The quantitative estimate of drug-likeness (QED) is 0.825. The number of hydrogen-bond acceptors (Lipinski definition) is 5. The van der Waals surface area contributed by atoms with Crippen molar-refractivity contribution in [3.63, 3.8) is 0 Å². The molecule has 0 unspecified atom stereocenters. The third kappa shape index (κ3) is 5.77. The van der Waals surface area contributed by atoms with Crippen molar-refractivity contribution in [3.05, 3.63) is 54.7 Å². The van der Waals surface area contributed by atoms with Crippen LogP contribution in [0.3, 0.4) is 0 Å². The van der Waals surface area contributed by atoms with Crippen molar-refractivity contribution < 1.29 is 19.4 Å². The van der Waals surface area contributed by atoms with E-state index in [9.17, 15) is 14.7 Å². The standard InChI is InChI=1S/C19H23N3O4/c1-19(2,3)26-18(25)21-15(17(23)24)13-22(14-9-5-4-6-10-14)16-11-7-8-12-20-16/h4-12,15H,13H2,1-3H3,(H,21,25)(H,23,24)/t15-/m0/s1. The van der Waals surface area contributed by atoms with E-state index >= 15 is 0 Å². The summed E-state index contributed by atoms with van der Waals surface area (Å²) in [5, 5.41) is 12.0. The normalized spacial score (nSPS) is 12.1. The van der Waals surface area contributed by atoms with Crippen LogP contribution >= 0.6 is 0 Å². The van der Waals surface area contributed by atoms with Crippen LogP contribution in [0.15, 0.2) is 54.7 Å². The number of anilines is 2. The summed E-state index contributed by atoms with van der Waals surface area (Å²) in [5.74, 6) is -0.580. The lowest BCUT2D eigenvalue weighted by Crippen LogP contribution is -2.49. The van der Waals surface area contributed by atoms with Crippen LogP contribution in [0.4, 0.5) is 16.3 Å². The Bertz CT molecular complexity index is 690. The van der Waals surface area contributed by atoms with Gasteiger partial charge in [0.25, 0.3) is 0 Å². The lowest BCUT2D eigenvalue weighted by molar-refractivity contribution is -0.139. The second-order valence-electron chi connectivity index (χ2n) is 6.67. The van der Waals surface area contributed by atoms with Crippen molar-refractivity contribution in [3.8, 4) is 0 Å². The summed E-state index contributed by atoms with van der Waals surface area (Å²) >= 11 is 0. The first-order valence-corrected chi connectivity index (χ1v) is 8.22. The van der Waals surface area contributed by atoms with Gasteiger partial charge in [-0.15, -0.1) is 0 Å². The third-order valence-corrected chi connectivity index (χ3v) is 3.35. The molecule has 1 atom stereocenters. The van der Waals surface area contributed by atoms with Gasteiger partial charge in [-0.3, -0.25) is 0 Å². The minimum Gasteiger partial charge on any atom is -0.480 e. The minimum atomic E-state index is -1.17. The van der Waals surface area contributed by atoms with E-state index in [-0.39, 0.29) is 6.54 Å². The van der Waals surface area contributed by atoms with Crippen LogP contribution in [-0.4, -0.2) is 40.3 Å². The fourth-order valence-corrected chi connectivity index (χ4v) is 2.27. The van der Waals surface area contributed by atoms with E-state index in [4.69, 9.17) is 4.74 Å². The van der Waals surface area contributed by atoms with Crippen LogP contribution in [0, 0.1) is 0 Å². The molecule has 0 spiro atoms. The Morgan fingerprint density at radius 3 is 2.35 bits per heavy atom. The number of nitrogens with zero attached hydrogens (tertiary/aromatic N) is 2. The number of benzene rings is 1. The molecule has 2 N–H and O–H groups in total. The molecule has 2 aromatic rings. The van der Waals surface area contributed by atoms with Crippen molar-refractivity contribution in [1.29, 1.82) is 0 Å². The van der Waals surface area contributed by atoms with Gasteiger partial charge in [-0.05, 0) is 45.0 Å². The number of carboxylic acids is 1. The number of ether oxygens (including phenoxy) is 1. The summed E-state index contributed by atoms with van der Waals surface area (Å²) in [6, 6.07) is 13.5. The van der Waals surface area contributed by atoms with E-state index in [1.807, 2.05) is 36.4 Å². The Morgan fingerprint density at radius 2 is 1.81 bits per heavy atom. The maximum Gasteiger partial charge on any atom is 0.408 e. The minimum absolute atomic E-state index is 0.00436. The van der Waals surface area contributed by atoms with Gasteiger partial charge in [0, 0.05) is 11.9 Å². The molecule has 2 rings (SSSR count). The highest BCUT2D eigenvalue weighted by Gasteiger charge is 2.27. The van der Waals surface area contributed by atoms with Gasteiger partial charge < -0.3 is 20.1 Å². The molecular weight excluding hydrogens is 334 g/mol. The molecular formula is C19H23N3O4. The number of hydrogen-bond donors (Lipinski definition) is 2. The first-order chi connectivity index (χ1) is 12.3. The number of carbonyl (C=O) groups is 2. The predicted octanol–water partition coefficient (Wildman–Crippen LogP) is 3.20. The highest BCUT2D eigenvalue weighted by Crippen LogP contribution is 2.23. The van der Waals surface area contributed by atoms with Gasteiger partial charge >= 0.3 is 12.1 Å². The maximum atomic E-state index is 12.0. The van der Waals surface area contributed by atoms with Crippen LogP contribution in [-0.2, 0) is 9.53 Å². The van der Waals surface area contributed by atoms with E-state index < -0.39 is 23.7 Å². The van der Waals surface area contributed by atoms with Gasteiger partial charge in [0.05, 0.1) is 6.54 Å². The second kappa shape index (κ2) is 8.33. The molecule has 1 aromatic carbocycles. The molecule has 7 heteroatoms. The van der Waals surface area contributed by atoms with Gasteiger partial charge in [-0.25, -0.2) is 14.6 Å². The molecule has 1 heterocycles. The predicted molar refractivity (Wildman–Crippen MR) is 98.5 cm³/mol. The Balaban J connectivity index is 2.24. The zero-order valence-electron chi connectivity index (χ0n) is 15.0. The summed E-state index contributed by atoms with van der Waals surface area (Å²) in [5.41, 5.74) is 0.0520. The molecule has 138 valence electrons. The van der Waals surface area contributed by atoms with Crippen LogP contribution in [0.5, 0.6) is 0 Å². The summed E-state index contributed by atoms with van der Waals surface area (Å²) in [4.78, 5) is 29.7. The van der Waals surface area contributed by atoms with Crippen molar-refractivity contribution >= 4 is 23.6 Å². The molecule has 1 amide bonds. The van der Waals surface area contributed by atoms with E-state index in [0.29, 0.717) is 5.82 Å². The number of carboxylic acid groups (broad SMARTS) is 1. The highest BCUT2D eigenvalue weighted by molar-refractivity contribution is 5.81. The van der Waals surface area contributed by atoms with Crippen LogP contribution in [0.2, 0.25) is 0 Å². The first-order valence-electron chi connectivity index (χ1n) is 8.22. The third-order valence-electron chi connectivity index (χ3n) is 3.35. The molecule has 0 saturated heterocycles. The lowest BCUT2D eigenvalue weighted by atomic mass is 10.2. The van der Waals surface area contributed by atoms with Crippen molar-refractivity contribution in [2.75, 3.05) is 11.4 Å². The fourth-order valence-electron chi connectivity index (χ4n) is 2.27. The van der Waals surface area contributed by atoms with E-state index in [2.05, 4.69) is 10.3 Å². The van der Waals surface area contributed by atoms with E-state index in [1.54, 1.807) is 44.0 Å². The summed E-state index contributed by atoms with van der Waals surface area (Å²) in [6.07, 6.45) is 0.849. The Morgan fingerprint density at radius 1 is 1.15 bits per heavy atom. The van der Waals surface area contributed by atoms with Gasteiger partial charge in [-0.1, -0.05) is 24.3 Å². The number of rotatable bonds is 6.